The Morgan fingerprint density at radius 2 is 2.19 bits per heavy atom. The van der Waals surface area contributed by atoms with Gasteiger partial charge in [-0.1, -0.05) is 0 Å². The van der Waals surface area contributed by atoms with Crippen LogP contribution in [0.5, 0.6) is 0 Å². The van der Waals surface area contributed by atoms with Crippen molar-refractivity contribution in [1.29, 1.82) is 0 Å². The molecule has 0 amide bonds. The predicted octanol–water partition coefficient (Wildman–Crippen LogP) is 2.26. The van der Waals surface area contributed by atoms with Crippen molar-refractivity contribution < 1.29 is 9.53 Å². The Labute approximate surface area is 102 Å². The molecule has 0 fully saturated rings. The van der Waals surface area contributed by atoms with Crippen LogP contribution in [0, 0.1) is 0 Å². The Morgan fingerprint density at radius 3 is 2.69 bits per heavy atom. The number of carbonyl (C=O) groups excluding carboxylic acids is 1. The first-order valence-electron chi connectivity index (χ1n) is 4.83. The molecule has 0 atom stereocenters. The van der Waals surface area contributed by atoms with Crippen LogP contribution >= 0.6 is 12.4 Å². The highest BCUT2D eigenvalue weighted by Crippen LogP contribution is 2.07. The van der Waals surface area contributed by atoms with Crippen LogP contribution in [0.4, 0.5) is 5.69 Å². The minimum Gasteiger partial charge on any atom is -0.459 e. The summed E-state index contributed by atoms with van der Waals surface area (Å²) in [5.74, 6) is -0.272. The molecule has 0 radical (unpaired) electrons. The summed E-state index contributed by atoms with van der Waals surface area (Å²) in [5, 5.41) is 2.93. The Kier molecular flexibility index (Phi) is 5.82. The third kappa shape index (κ3) is 6.24. The van der Waals surface area contributed by atoms with E-state index in [9.17, 15) is 4.79 Å². The molecule has 90 valence electrons. The lowest BCUT2D eigenvalue weighted by Gasteiger charge is -2.19. The highest BCUT2D eigenvalue weighted by molar-refractivity contribution is 5.85. The van der Waals surface area contributed by atoms with Crippen molar-refractivity contribution in [3.05, 3.63) is 24.5 Å². The van der Waals surface area contributed by atoms with Crippen LogP contribution in [-0.4, -0.2) is 23.1 Å². The topological polar surface area (TPSA) is 51.2 Å². The molecule has 0 aliphatic rings. The molecule has 1 aromatic heterocycles. The highest BCUT2D eigenvalue weighted by atomic mass is 35.5. The van der Waals surface area contributed by atoms with Gasteiger partial charge in [-0.25, -0.2) is 0 Å². The van der Waals surface area contributed by atoms with E-state index in [1.54, 1.807) is 18.5 Å². The van der Waals surface area contributed by atoms with E-state index in [-0.39, 0.29) is 24.9 Å². The van der Waals surface area contributed by atoms with Crippen molar-refractivity contribution >= 4 is 24.1 Å². The maximum Gasteiger partial charge on any atom is 0.325 e. The lowest BCUT2D eigenvalue weighted by molar-refractivity contribution is -0.152. The van der Waals surface area contributed by atoms with Crippen molar-refractivity contribution in [1.82, 2.24) is 4.98 Å². The van der Waals surface area contributed by atoms with Crippen LogP contribution in [0.1, 0.15) is 20.8 Å². The number of pyridine rings is 1. The van der Waals surface area contributed by atoms with Gasteiger partial charge in [-0.3, -0.25) is 9.78 Å². The van der Waals surface area contributed by atoms with Gasteiger partial charge in [-0.05, 0) is 32.9 Å². The third-order valence-electron chi connectivity index (χ3n) is 1.52. The summed E-state index contributed by atoms with van der Waals surface area (Å²) >= 11 is 0. The largest absolute Gasteiger partial charge is 0.459 e. The molecule has 1 heterocycles. The van der Waals surface area contributed by atoms with Gasteiger partial charge in [0.1, 0.15) is 12.1 Å². The first kappa shape index (κ1) is 14.7. The molecule has 1 rings (SSSR count). The summed E-state index contributed by atoms with van der Waals surface area (Å²) < 4.78 is 5.14. The average Bonchev–Trinajstić information content (AvgIpc) is 2.14. The number of nitrogens with one attached hydrogen (secondary N) is 1. The zero-order chi connectivity index (χ0) is 11.3. The maximum absolute atomic E-state index is 11.3. The van der Waals surface area contributed by atoms with Crippen LogP contribution < -0.4 is 5.32 Å². The van der Waals surface area contributed by atoms with E-state index in [0.29, 0.717) is 0 Å². The molecular formula is C11H17ClN2O2. The number of esters is 1. The number of hydrogen-bond acceptors (Lipinski definition) is 4. The minimum atomic E-state index is -0.437. The second-order valence-electron chi connectivity index (χ2n) is 4.18. The molecule has 0 saturated carbocycles. The number of carbonyl (C=O) groups is 1. The van der Waals surface area contributed by atoms with Gasteiger partial charge in [-0.2, -0.15) is 0 Å². The lowest BCUT2D eigenvalue weighted by atomic mass is 10.2. The number of halogens is 1. The number of nitrogens with zero attached hydrogens (tertiary/aromatic N) is 1. The summed E-state index contributed by atoms with van der Waals surface area (Å²) in [5.41, 5.74) is 0.372. The summed E-state index contributed by atoms with van der Waals surface area (Å²) in [6, 6.07) is 3.65. The van der Waals surface area contributed by atoms with Crippen LogP contribution in [0.15, 0.2) is 24.5 Å². The number of hydrogen-bond donors (Lipinski definition) is 1. The van der Waals surface area contributed by atoms with E-state index < -0.39 is 5.60 Å². The summed E-state index contributed by atoms with van der Waals surface area (Å²) in [4.78, 5) is 15.2. The molecular weight excluding hydrogens is 228 g/mol. The molecule has 1 aromatic rings. The van der Waals surface area contributed by atoms with Gasteiger partial charge in [-0.15, -0.1) is 12.4 Å². The second kappa shape index (κ2) is 6.33. The number of anilines is 1. The monoisotopic (exact) mass is 244 g/mol. The second-order valence-corrected chi connectivity index (χ2v) is 4.18. The van der Waals surface area contributed by atoms with E-state index >= 15 is 0 Å². The van der Waals surface area contributed by atoms with Gasteiger partial charge in [0.15, 0.2) is 0 Å². The van der Waals surface area contributed by atoms with E-state index in [1.807, 2.05) is 26.8 Å². The standard InChI is InChI=1S/C11H16N2O2.ClH/c1-11(2,3)15-10(14)8-13-9-5-4-6-12-7-9;/h4-7,13H,8H2,1-3H3;1H. The molecule has 0 spiro atoms. The van der Waals surface area contributed by atoms with Gasteiger partial charge >= 0.3 is 5.97 Å². The van der Waals surface area contributed by atoms with Crippen molar-refractivity contribution in [2.45, 2.75) is 26.4 Å². The van der Waals surface area contributed by atoms with E-state index in [1.165, 1.54) is 0 Å². The number of ether oxygens (including phenoxy) is 1. The summed E-state index contributed by atoms with van der Waals surface area (Å²) in [7, 11) is 0. The smallest absolute Gasteiger partial charge is 0.325 e. The molecule has 4 nitrogen and oxygen atoms in total. The molecule has 0 aliphatic heterocycles. The normalized spacial score (nSPS) is 10.2. The molecule has 0 aliphatic carbocycles. The van der Waals surface area contributed by atoms with Gasteiger partial charge in [0, 0.05) is 12.4 Å². The van der Waals surface area contributed by atoms with Gasteiger partial charge in [0.25, 0.3) is 0 Å². The average molecular weight is 245 g/mol. The fraction of sp³-hybridized carbons (Fsp3) is 0.455. The predicted molar refractivity (Wildman–Crippen MR) is 65.8 cm³/mol. The molecule has 0 aromatic carbocycles. The Bertz CT molecular complexity index is 323. The minimum absolute atomic E-state index is 0. The third-order valence-corrected chi connectivity index (χ3v) is 1.52. The van der Waals surface area contributed by atoms with Crippen molar-refractivity contribution in [3.63, 3.8) is 0 Å². The lowest BCUT2D eigenvalue weighted by Crippen LogP contribution is -2.28. The quantitative estimate of drug-likeness (QED) is 0.829. The molecule has 1 N–H and O–H groups in total. The number of rotatable bonds is 3. The van der Waals surface area contributed by atoms with Crippen molar-refractivity contribution in [2.75, 3.05) is 11.9 Å². The van der Waals surface area contributed by atoms with Crippen LogP contribution in [0.2, 0.25) is 0 Å². The maximum atomic E-state index is 11.3. The fourth-order valence-corrected chi connectivity index (χ4v) is 1.02. The van der Waals surface area contributed by atoms with Crippen LogP contribution in [0.3, 0.4) is 0 Å². The Morgan fingerprint density at radius 1 is 1.50 bits per heavy atom. The zero-order valence-corrected chi connectivity index (χ0v) is 10.5. The molecule has 0 unspecified atom stereocenters. The van der Waals surface area contributed by atoms with Crippen LogP contribution in [-0.2, 0) is 9.53 Å². The van der Waals surface area contributed by atoms with Gasteiger partial charge in [0.05, 0.1) is 5.69 Å². The van der Waals surface area contributed by atoms with Crippen LogP contribution in [0.25, 0.3) is 0 Å². The van der Waals surface area contributed by atoms with Gasteiger partial charge in [0.2, 0.25) is 0 Å². The van der Waals surface area contributed by atoms with E-state index in [0.717, 1.165) is 5.69 Å². The molecule has 16 heavy (non-hydrogen) atoms. The van der Waals surface area contributed by atoms with Crippen molar-refractivity contribution in [3.8, 4) is 0 Å². The first-order chi connectivity index (χ1) is 6.97. The summed E-state index contributed by atoms with van der Waals surface area (Å²) in [6.07, 6.45) is 3.34. The van der Waals surface area contributed by atoms with Gasteiger partial charge < -0.3 is 10.1 Å². The van der Waals surface area contributed by atoms with E-state index in [4.69, 9.17) is 4.74 Å². The van der Waals surface area contributed by atoms with Crippen molar-refractivity contribution in [2.24, 2.45) is 0 Å². The zero-order valence-electron chi connectivity index (χ0n) is 9.69. The molecule has 0 bridgehead atoms. The summed E-state index contributed by atoms with van der Waals surface area (Å²) in [6.45, 7) is 5.68. The fourth-order valence-electron chi connectivity index (χ4n) is 1.02. The Balaban J connectivity index is 0.00000225. The first-order valence-corrected chi connectivity index (χ1v) is 4.83. The number of aromatic nitrogens is 1. The molecule has 0 saturated heterocycles. The molecule has 5 heteroatoms. The Hall–Kier alpha value is -1.29. The highest BCUT2D eigenvalue weighted by Gasteiger charge is 2.15. The van der Waals surface area contributed by atoms with E-state index in [2.05, 4.69) is 10.3 Å². The SMILES string of the molecule is CC(C)(C)OC(=O)CNc1cccnc1.Cl.